The van der Waals surface area contributed by atoms with E-state index in [2.05, 4.69) is 71.7 Å². The van der Waals surface area contributed by atoms with Crippen LogP contribution in [0, 0.1) is 6.92 Å². The van der Waals surface area contributed by atoms with Crippen molar-refractivity contribution < 1.29 is 0 Å². The van der Waals surface area contributed by atoms with Crippen LogP contribution in [0.25, 0.3) is 67.2 Å². The van der Waals surface area contributed by atoms with Gasteiger partial charge in [-0.3, -0.25) is 4.98 Å². The molecule has 41 heavy (non-hydrogen) atoms. The summed E-state index contributed by atoms with van der Waals surface area (Å²) in [5.41, 5.74) is 8.16. The molecule has 2 aromatic heterocycles. The fraction of sp³-hybridized carbons (Fsp3) is 0.0270. The predicted octanol–water partition coefficient (Wildman–Crippen LogP) is 9.06. The van der Waals surface area contributed by atoms with Crippen LogP contribution in [0.15, 0.2) is 140 Å². The zero-order valence-electron chi connectivity index (χ0n) is 22.6. The van der Waals surface area contributed by atoms with E-state index in [1.54, 1.807) is 0 Å². The molecule has 5 aromatic carbocycles. The Bertz CT molecular complexity index is 1940. The molecule has 2 heterocycles. The number of aryl methyl sites for hydroxylation is 1. The summed E-state index contributed by atoms with van der Waals surface area (Å²) in [5.74, 6) is 1.91. The average molecular weight is 527 g/mol. The van der Waals surface area contributed by atoms with Crippen LogP contribution in [0.2, 0.25) is 0 Å². The lowest BCUT2D eigenvalue weighted by atomic mass is 9.94. The van der Waals surface area contributed by atoms with Gasteiger partial charge in [0.05, 0.1) is 0 Å². The van der Waals surface area contributed by atoms with E-state index in [0.29, 0.717) is 17.5 Å². The monoisotopic (exact) mass is 526 g/mol. The molecule has 0 radical (unpaired) electrons. The third-order valence-electron chi connectivity index (χ3n) is 7.29. The van der Waals surface area contributed by atoms with E-state index >= 15 is 0 Å². The van der Waals surface area contributed by atoms with Crippen molar-refractivity contribution in [2.24, 2.45) is 0 Å². The topological polar surface area (TPSA) is 51.6 Å². The fourth-order valence-electron chi connectivity index (χ4n) is 5.17. The number of aromatic nitrogens is 4. The van der Waals surface area contributed by atoms with Gasteiger partial charge in [0.1, 0.15) is 0 Å². The second-order valence-electron chi connectivity index (χ2n) is 10.0. The Morgan fingerprint density at radius 3 is 1.61 bits per heavy atom. The van der Waals surface area contributed by atoms with Gasteiger partial charge in [-0.2, -0.15) is 0 Å². The molecular weight excluding hydrogens is 500 g/mol. The number of rotatable bonds is 5. The normalized spacial score (nSPS) is 11.0. The smallest absolute Gasteiger partial charge is 0.164 e. The highest BCUT2D eigenvalue weighted by atomic mass is 15.0. The average Bonchev–Trinajstić information content (AvgIpc) is 3.05. The van der Waals surface area contributed by atoms with Gasteiger partial charge in [-0.05, 0) is 64.7 Å². The summed E-state index contributed by atoms with van der Waals surface area (Å²) in [6.07, 6.45) is 1.83. The van der Waals surface area contributed by atoms with Crippen LogP contribution in [0.4, 0.5) is 0 Å². The van der Waals surface area contributed by atoms with Gasteiger partial charge in [-0.25, -0.2) is 15.0 Å². The minimum Gasteiger partial charge on any atom is -0.261 e. The third kappa shape index (κ3) is 4.99. The van der Waals surface area contributed by atoms with Crippen molar-refractivity contribution in [3.8, 4) is 56.4 Å². The van der Waals surface area contributed by atoms with E-state index in [-0.39, 0.29) is 0 Å². The van der Waals surface area contributed by atoms with Crippen LogP contribution in [0.5, 0.6) is 0 Å². The van der Waals surface area contributed by atoms with Gasteiger partial charge in [0.2, 0.25) is 0 Å². The second-order valence-corrected chi connectivity index (χ2v) is 10.0. The number of fused-ring (bicyclic) bond motifs is 1. The molecule has 0 aliphatic rings. The molecule has 7 aromatic rings. The number of hydrogen-bond acceptors (Lipinski definition) is 4. The molecule has 7 rings (SSSR count). The molecule has 0 spiro atoms. The van der Waals surface area contributed by atoms with E-state index in [9.17, 15) is 0 Å². The van der Waals surface area contributed by atoms with Crippen LogP contribution in [0.1, 0.15) is 5.69 Å². The number of benzene rings is 5. The van der Waals surface area contributed by atoms with E-state index in [0.717, 1.165) is 44.6 Å². The Morgan fingerprint density at radius 2 is 0.951 bits per heavy atom. The van der Waals surface area contributed by atoms with Crippen LogP contribution < -0.4 is 0 Å². The number of pyridine rings is 1. The summed E-state index contributed by atoms with van der Waals surface area (Å²) in [6.45, 7) is 2.04. The van der Waals surface area contributed by atoms with Gasteiger partial charge in [0.15, 0.2) is 17.5 Å². The summed E-state index contributed by atoms with van der Waals surface area (Å²) in [4.78, 5) is 19.5. The molecule has 0 aliphatic heterocycles. The predicted molar refractivity (Wildman–Crippen MR) is 167 cm³/mol. The quantitative estimate of drug-likeness (QED) is 0.224. The van der Waals surface area contributed by atoms with Gasteiger partial charge < -0.3 is 0 Å². The molecule has 0 saturated heterocycles. The van der Waals surface area contributed by atoms with Gasteiger partial charge >= 0.3 is 0 Å². The SMILES string of the molecule is Cc1ncccc1-c1cc(-c2ccc3ccccc3c2)cc(-c2nc(-c3ccccc3)nc(-c3ccccc3)n2)c1. The Kier molecular flexibility index (Phi) is 6.34. The Hall–Kier alpha value is -5.48. The largest absolute Gasteiger partial charge is 0.261 e. The molecule has 0 atom stereocenters. The molecule has 0 aliphatic carbocycles. The second kappa shape index (κ2) is 10.6. The molecule has 4 nitrogen and oxygen atoms in total. The first-order valence-corrected chi connectivity index (χ1v) is 13.6. The van der Waals surface area contributed by atoms with Crippen LogP contribution in [-0.2, 0) is 0 Å². The van der Waals surface area contributed by atoms with Crippen molar-refractivity contribution in [1.82, 2.24) is 19.9 Å². The van der Waals surface area contributed by atoms with E-state index in [1.807, 2.05) is 79.9 Å². The number of hydrogen-bond donors (Lipinski definition) is 0. The van der Waals surface area contributed by atoms with Crippen LogP contribution in [0.3, 0.4) is 0 Å². The summed E-state index contributed by atoms with van der Waals surface area (Å²) in [5, 5.41) is 2.42. The fourth-order valence-corrected chi connectivity index (χ4v) is 5.17. The Morgan fingerprint density at radius 1 is 0.390 bits per heavy atom. The third-order valence-corrected chi connectivity index (χ3v) is 7.29. The highest BCUT2D eigenvalue weighted by Gasteiger charge is 2.15. The van der Waals surface area contributed by atoms with Crippen molar-refractivity contribution in [3.63, 3.8) is 0 Å². The molecule has 0 saturated carbocycles. The summed E-state index contributed by atoms with van der Waals surface area (Å²) in [7, 11) is 0. The van der Waals surface area contributed by atoms with Gasteiger partial charge in [-0.15, -0.1) is 0 Å². The zero-order valence-corrected chi connectivity index (χ0v) is 22.6. The first kappa shape index (κ1) is 24.6. The minimum atomic E-state index is 0.628. The number of nitrogens with zero attached hydrogens (tertiary/aromatic N) is 4. The molecular formula is C37H26N4. The van der Waals surface area contributed by atoms with Gasteiger partial charge in [-0.1, -0.05) is 103 Å². The maximum Gasteiger partial charge on any atom is 0.164 e. The lowest BCUT2D eigenvalue weighted by Crippen LogP contribution is -2.00. The zero-order chi connectivity index (χ0) is 27.6. The van der Waals surface area contributed by atoms with E-state index in [1.165, 1.54) is 10.8 Å². The standard InChI is InChI=1S/C37H26N4/c1-25-34(17-10-20-38-25)32-22-31(30-19-18-26-11-8-9-16-29(26)21-30)23-33(24-32)37-40-35(27-12-4-2-5-13-27)39-36(41-37)28-14-6-3-7-15-28/h2-24H,1H3. The molecule has 4 heteroatoms. The maximum atomic E-state index is 5.00. The summed E-state index contributed by atoms with van der Waals surface area (Å²) < 4.78 is 0. The van der Waals surface area contributed by atoms with E-state index in [4.69, 9.17) is 15.0 Å². The van der Waals surface area contributed by atoms with Crippen molar-refractivity contribution in [1.29, 1.82) is 0 Å². The molecule has 0 unspecified atom stereocenters. The lowest BCUT2D eigenvalue weighted by Gasteiger charge is -2.13. The Labute approximate surface area is 239 Å². The van der Waals surface area contributed by atoms with Crippen molar-refractivity contribution in [3.05, 3.63) is 145 Å². The lowest BCUT2D eigenvalue weighted by molar-refractivity contribution is 1.07. The van der Waals surface area contributed by atoms with E-state index < -0.39 is 0 Å². The first-order valence-electron chi connectivity index (χ1n) is 13.6. The highest BCUT2D eigenvalue weighted by molar-refractivity contribution is 5.89. The highest BCUT2D eigenvalue weighted by Crippen LogP contribution is 2.35. The summed E-state index contributed by atoms with van der Waals surface area (Å²) in [6, 6.07) is 45.8. The van der Waals surface area contributed by atoms with Crippen LogP contribution >= 0.6 is 0 Å². The van der Waals surface area contributed by atoms with Crippen molar-refractivity contribution >= 4 is 10.8 Å². The van der Waals surface area contributed by atoms with Crippen molar-refractivity contribution in [2.75, 3.05) is 0 Å². The molecule has 0 N–H and O–H groups in total. The Balaban J connectivity index is 1.47. The molecule has 0 fully saturated rings. The first-order chi connectivity index (χ1) is 20.2. The molecule has 194 valence electrons. The molecule has 0 bridgehead atoms. The summed E-state index contributed by atoms with van der Waals surface area (Å²) >= 11 is 0. The van der Waals surface area contributed by atoms with Gasteiger partial charge in [0, 0.05) is 34.1 Å². The minimum absolute atomic E-state index is 0.628. The van der Waals surface area contributed by atoms with Crippen LogP contribution in [-0.4, -0.2) is 19.9 Å². The molecule has 0 amide bonds. The van der Waals surface area contributed by atoms with Crippen molar-refractivity contribution in [2.45, 2.75) is 6.92 Å². The maximum absolute atomic E-state index is 5.00. The van der Waals surface area contributed by atoms with Gasteiger partial charge in [0.25, 0.3) is 0 Å².